The minimum absolute atomic E-state index is 0.188. The number of nitrogens with zero attached hydrogens (tertiary/aromatic N) is 1. The summed E-state index contributed by atoms with van der Waals surface area (Å²) in [7, 11) is 0. The summed E-state index contributed by atoms with van der Waals surface area (Å²) in [4.78, 5) is 0. The monoisotopic (exact) mass is 194 g/mol. The fraction of sp³-hybridized carbons (Fsp3) is 0.625. The third-order valence-corrected chi connectivity index (χ3v) is 1.14. The van der Waals surface area contributed by atoms with Gasteiger partial charge in [-0.2, -0.15) is 18.3 Å². The molecule has 13 heavy (non-hydrogen) atoms. The van der Waals surface area contributed by atoms with Gasteiger partial charge in [-0.25, -0.2) is 0 Å². The van der Waals surface area contributed by atoms with Crippen molar-refractivity contribution in [3.05, 3.63) is 18.0 Å². The van der Waals surface area contributed by atoms with Crippen molar-refractivity contribution in [1.29, 1.82) is 0 Å². The molecule has 0 saturated carbocycles. The highest BCUT2D eigenvalue weighted by Crippen LogP contribution is 2.10. The maximum Gasteiger partial charge on any atom is 0.386 e. The largest absolute Gasteiger partial charge is 0.386 e. The lowest BCUT2D eigenvalue weighted by atomic mass is 10.1. The average molecular weight is 194 g/mol. The zero-order valence-electron chi connectivity index (χ0n) is 7.81. The van der Waals surface area contributed by atoms with E-state index in [2.05, 4.69) is 24.0 Å². The van der Waals surface area contributed by atoms with Crippen LogP contribution in [0.3, 0.4) is 0 Å². The third-order valence-electron chi connectivity index (χ3n) is 1.14. The van der Waals surface area contributed by atoms with Crippen molar-refractivity contribution >= 4 is 0 Å². The van der Waals surface area contributed by atoms with Crippen LogP contribution in [0, 0.1) is 0 Å². The molecule has 2 nitrogen and oxygen atoms in total. The highest BCUT2D eigenvalue weighted by molar-refractivity contribution is 5.01. The lowest BCUT2D eigenvalue weighted by molar-refractivity contribution is -0.110. The Labute approximate surface area is 75.2 Å². The van der Waals surface area contributed by atoms with E-state index in [0.29, 0.717) is 5.92 Å². The quantitative estimate of drug-likeness (QED) is 0.731. The van der Waals surface area contributed by atoms with E-state index in [9.17, 15) is 13.2 Å². The van der Waals surface area contributed by atoms with E-state index in [0.717, 1.165) is 0 Å². The van der Waals surface area contributed by atoms with Crippen LogP contribution in [0.25, 0.3) is 0 Å². The molecule has 1 rings (SSSR count). The number of rotatable bonds is 1. The normalized spacial score (nSPS) is 11.0. The Morgan fingerprint density at radius 3 is 2.00 bits per heavy atom. The lowest BCUT2D eigenvalue weighted by Gasteiger charge is -1.95. The molecule has 1 aromatic heterocycles. The zero-order valence-corrected chi connectivity index (χ0v) is 7.81. The zero-order chi connectivity index (χ0) is 10.5. The van der Waals surface area contributed by atoms with Gasteiger partial charge in [0.2, 0.25) is 0 Å². The van der Waals surface area contributed by atoms with Gasteiger partial charge in [0.15, 0.2) is 0 Å². The van der Waals surface area contributed by atoms with E-state index in [1.54, 1.807) is 6.20 Å². The minimum atomic E-state index is -4.00. The fourth-order valence-electron chi connectivity index (χ4n) is 0.588. The van der Waals surface area contributed by atoms with Gasteiger partial charge in [0.05, 0.1) is 0 Å². The topological polar surface area (TPSA) is 28.7 Å². The molecule has 0 fully saturated rings. The standard InChI is InChI=1S/C6H10N2.C2H3F3/c1-5(2)6-3-4-7-8-6;1-2(3,4)5/h3-5H,1-2H3,(H,7,8);1H3. The molecular formula is C8H13F3N2. The van der Waals surface area contributed by atoms with Gasteiger partial charge in [0.1, 0.15) is 0 Å². The van der Waals surface area contributed by atoms with Gasteiger partial charge in [-0.15, -0.1) is 0 Å². The van der Waals surface area contributed by atoms with Gasteiger partial charge >= 0.3 is 6.18 Å². The molecule has 0 unspecified atom stereocenters. The molecule has 5 heteroatoms. The van der Waals surface area contributed by atoms with Gasteiger partial charge < -0.3 is 0 Å². The molecule has 0 saturated heterocycles. The molecule has 1 heterocycles. The predicted molar refractivity (Wildman–Crippen MR) is 44.4 cm³/mol. The molecule has 0 bridgehead atoms. The first-order valence-corrected chi connectivity index (χ1v) is 3.86. The Morgan fingerprint density at radius 2 is 1.85 bits per heavy atom. The Morgan fingerprint density at radius 1 is 1.38 bits per heavy atom. The first kappa shape index (κ1) is 12.0. The van der Waals surface area contributed by atoms with Gasteiger partial charge in [-0.05, 0) is 12.0 Å². The van der Waals surface area contributed by atoms with Crippen LogP contribution in [0.5, 0.6) is 0 Å². The van der Waals surface area contributed by atoms with Crippen LogP contribution in [0.4, 0.5) is 13.2 Å². The summed E-state index contributed by atoms with van der Waals surface area (Å²) >= 11 is 0. The summed E-state index contributed by atoms with van der Waals surface area (Å²) in [5.74, 6) is 0.567. The number of hydrogen-bond acceptors (Lipinski definition) is 1. The summed E-state index contributed by atoms with van der Waals surface area (Å²) < 4.78 is 31.1. The van der Waals surface area contributed by atoms with Gasteiger partial charge in [-0.3, -0.25) is 5.10 Å². The van der Waals surface area contributed by atoms with Crippen LogP contribution in [0.2, 0.25) is 0 Å². The lowest BCUT2D eigenvalue weighted by Crippen LogP contribution is -1.95. The number of hydrogen-bond donors (Lipinski definition) is 1. The number of aromatic amines is 1. The van der Waals surface area contributed by atoms with Crippen molar-refractivity contribution in [3.8, 4) is 0 Å². The highest BCUT2D eigenvalue weighted by Gasteiger charge is 2.15. The van der Waals surface area contributed by atoms with Crippen molar-refractivity contribution in [2.45, 2.75) is 32.9 Å². The molecule has 0 aliphatic rings. The summed E-state index contributed by atoms with van der Waals surface area (Å²) in [6, 6.07) is 1.99. The average Bonchev–Trinajstić information content (AvgIpc) is 2.31. The van der Waals surface area contributed by atoms with E-state index in [1.807, 2.05) is 6.07 Å². The number of alkyl halides is 3. The molecular weight excluding hydrogens is 181 g/mol. The van der Waals surface area contributed by atoms with Gasteiger partial charge in [0.25, 0.3) is 0 Å². The Balaban J connectivity index is 0.000000252. The van der Waals surface area contributed by atoms with Gasteiger partial charge in [0, 0.05) is 18.8 Å². The molecule has 0 amide bonds. The SMILES string of the molecule is CC(C)c1ccn[nH]1.CC(F)(F)F. The highest BCUT2D eigenvalue weighted by atomic mass is 19.4. The fourth-order valence-corrected chi connectivity index (χ4v) is 0.588. The smallest absolute Gasteiger partial charge is 0.282 e. The van der Waals surface area contributed by atoms with Crippen molar-refractivity contribution in [2.75, 3.05) is 0 Å². The number of H-pyrrole nitrogens is 1. The van der Waals surface area contributed by atoms with E-state index in [1.165, 1.54) is 5.69 Å². The molecule has 0 aliphatic heterocycles. The minimum Gasteiger partial charge on any atom is -0.282 e. The van der Waals surface area contributed by atoms with Crippen molar-refractivity contribution in [2.24, 2.45) is 0 Å². The molecule has 1 N–H and O–H groups in total. The Kier molecular flexibility index (Phi) is 4.51. The second-order valence-corrected chi connectivity index (χ2v) is 2.95. The predicted octanol–water partition coefficient (Wildman–Crippen LogP) is 3.10. The second-order valence-electron chi connectivity index (χ2n) is 2.95. The third kappa shape index (κ3) is 8.91. The molecule has 0 radical (unpaired) electrons. The number of halogens is 3. The van der Waals surface area contributed by atoms with Crippen LogP contribution >= 0.6 is 0 Å². The molecule has 0 aromatic carbocycles. The van der Waals surface area contributed by atoms with Crippen molar-refractivity contribution in [1.82, 2.24) is 10.2 Å². The first-order valence-electron chi connectivity index (χ1n) is 3.86. The van der Waals surface area contributed by atoms with Crippen molar-refractivity contribution < 1.29 is 13.2 Å². The summed E-state index contributed by atoms with van der Waals surface area (Å²) in [6.07, 6.45) is -2.23. The van der Waals surface area contributed by atoms with Crippen LogP contribution in [0.1, 0.15) is 32.4 Å². The maximum atomic E-state index is 10.4. The Hall–Kier alpha value is -1.00. The molecule has 1 aromatic rings. The number of aromatic nitrogens is 2. The summed E-state index contributed by atoms with van der Waals surface area (Å²) in [5.41, 5.74) is 1.20. The van der Waals surface area contributed by atoms with Crippen LogP contribution in [0.15, 0.2) is 12.3 Å². The summed E-state index contributed by atoms with van der Waals surface area (Å²) in [6.45, 7) is 4.45. The van der Waals surface area contributed by atoms with Crippen LogP contribution < -0.4 is 0 Å². The van der Waals surface area contributed by atoms with Crippen molar-refractivity contribution in [3.63, 3.8) is 0 Å². The maximum absolute atomic E-state index is 10.4. The Bertz CT molecular complexity index is 208. The molecule has 0 spiro atoms. The van der Waals surface area contributed by atoms with E-state index >= 15 is 0 Å². The first-order chi connectivity index (χ1) is 5.80. The molecule has 76 valence electrons. The number of nitrogens with one attached hydrogen (secondary N) is 1. The van der Waals surface area contributed by atoms with E-state index in [4.69, 9.17) is 0 Å². The van der Waals surface area contributed by atoms with Crippen LogP contribution in [-0.2, 0) is 0 Å². The summed E-state index contributed by atoms with van der Waals surface area (Å²) in [5, 5.41) is 6.70. The van der Waals surface area contributed by atoms with Crippen LogP contribution in [-0.4, -0.2) is 16.4 Å². The van der Waals surface area contributed by atoms with Gasteiger partial charge in [-0.1, -0.05) is 13.8 Å². The van der Waals surface area contributed by atoms with E-state index in [-0.39, 0.29) is 6.92 Å². The second kappa shape index (κ2) is 4.89. The van der Waals surface area contributed by atoms with E-state index < -0.39 is 6.18 Å². The molecule has 0 aliphatic carbocycles. The molecule has 0 atom stereocenters.